The summed E-state index contributed by atoms with van der Waals surface area (Å²) in [6.07, 6.45) is 1.81. The minimum atomic E-state index is -0.458. The van der Waals surface area contributed by atoms with Crippen LogP contribution in [0.25, 0.3) is 0 Å². The lowest BCUT2D eigenvalue weighted by Crippen LogP contribution is -2.42. The molecule has 1 aliphatic rings. The standard InChI is InChI=1S/C17H25NO3/c1-17(2,3)21-16(20)18-9-5-8-15(11-18)14-7-4-6-13(10-14)12-19/h4,6-7,10,15,19H,5,8-9,11-12H2,1-3H3/t15-/m0/s1. The van der Waals surface area contributed by atoms with E-state index in [0.29, 0.717) is 12.5 Å². The van der Waals surface area contributed by atoms with E-state index in [0.717, 1.165) is 24.9 Å². The number of hydrogen-bond donors (Lipinski definition) is 1. The Bertz CT molecular complexity index is 493. The highest BCUT2D eigenvalue weighted by atomic mass is 16.6. The van der Waals surface area contributed by atoms with Crippen LogP contribution in [0.4, 0.5) is 4.79 Å². The number of carbonyl (C=O) groups is 1. The van der Waals surface area contributed by atoms with Gasteiger partial charge in [0, 0.05) is 19.0 Å². The van der Waals surface area contributed by atoms with E-state index in [2.05, 4.69) is 6.07 Å². The van der Waals surface area contributed by atoms with Crippen molar-refractivity contribution in [3.05, 3.63) is 35.4 Å². The number of likely N-dealkylation sites (tertiary alicyclic amines) is 1. The lowest BCUT2D eigenvalue weighted by molar-refractivity contribution is 0.0198. The summed E-state index contributed by atoms with van der Waals surface area (Å²) in [6, 6.07) is 7.98. The Balaban J connectivity index is 2.04. The number of rotatable bonds is 2. The van der Waals surface area contributed by atoms with Gasteiger partial charge in [-0.05, 0) is 44.7 Å². The van der Waals surface area contributed by atoms with Crippen LogP contribution in [0.1, 0.15) is 50.7 Å². The summed E-state index contributed by atoms with van der Waals surface area (Å²) in [4.78, 5) is 14.0. The molecule has 1 fully saturated rings. The number of benzene rings is 1. The summed E-state index contributed by atoms with van der Waals surface area (Å²) in [5.74, 6) is 0.317. The van der Waals surface area contributed by atoms with Gasteiger partial charge in [0.1, 0.15) is 5.60 Å². The minimum absolute atomic E-state index is 0.0519. The molecule has 1 N–H and O–H groups in total. The molecule has 1 heterocycles. The van der Waals surface area contributed by atoms with Crippen molar-refractivity contribution in [1.29, 1.82) is 0 Å². The lowest BCUT2D eigenvalue weighted by atomic mass is 9.90. The van der Waals surface area contributed by atoms with Crippen molar-refractivity contribution in [2.45, 2.75) is 51.7 Å². The van der Waals surface area contributed by atoms with Crippen LogP contribution in [0.3, 0.4) is 0 Å². The average Bonchev–Trinajstić information content (AvgIpc) is 2.46. The largest absolute Gasteiger partial charge is 0.444 e. The van der Waals surface area contributed by atoms with Crippen LogP contribution in [-0.4, -0.2) is 34.8 Å². The molecule has 0 spiro atoms. The molecule has 0 unspecified atom stereocenters. The first kappa shape index (κ1) is 15.8. The maximum atomic E-state index is 12.2. The van der Waals surface area contributed by atoms with E-state index >= 15 is 0 Å². The van der Waals surface area contributed by atoms with Crippen LogP contribution >= 0.6 is 0 Å². The first-order valence-corrected chi connectivity index (χ1v) is 7.56. The van der Waals surface area contributed by atoms with Gasteiger partial charge in [0.15, 0.2) is 0 Å². The molecule has 1 aromatic rings. The maximum Gasteiger partial charge on any atom is 0.410 e. The predicted molar refractivity (Wildman–Crippen MR) is 82.1 cm³/mol. The Hall–Kier alpha value is -1.55. The molecule has 0 bridgehead atoms. The van der Waals surface area contributed by atoms with Crippen LogP contribution in [0.15, 0.2) is 24.3 Å². The van der Waals surface area contributed by atoms with E-state index in [9.17, 15) is 9.90 Å². The van der Waals surface area contributed by atoms with Crippen molar-refractivity contribution < 1.29 is 14.6 Å². The van der Waals surface area contributed by atoms with E-state index in [1.165, 1.54) is 5.56 Å². The molecule has 2 rings (SSSR count). The van der Waals surface area contributed by atoms with Gasteiger partial charge >= 0.3 is 6.09 Å². The van der Waals surface area contributed by atoms with Crippen molar-refractivity contribution in [3.63, 3.8) is 0 Å². The predicted octanol–water partition coefficient (Wildman–Crippen LogP) is 3.29. The Morgan fingerprint density at radius 3 is 2.86 bits per heavy atom. The molecule has 21 heavy (non-hydrogen) atoms. The maximum absolute atomic E-state index is 12.2. The number of carbonyl (C=O) groups excluding carboxylic acids is 1. The third-order valence-electron chi connectivity index (χ3n) is 3.68. The fourth-order valence-electron chi connectivity index (χ4n) is 2.69. The molecule has 4 heteroatoms. The second-order valence-electron chi connectivity index (χ2n) is 6.67. The van der Waals surface area contributed by atoms with Crippen molar-refractivity contribution in [1.82, 2.24) is 4.90 Å². The number of aliphatic hydroxyl groups excluding tert-OH is 1. The van der Waals surface area contributed by atoms with Gasteiger partial charge in [0.25, 0.3) is 0 Å². The van der Waals surface area contributed by atoms with Crippen molar-refractivity contribution in [3.8, 4) is 0 Å². The van der Waals surface area contributed by atoms with Gasteiger partial charge in [-0.2, -0.15) is 0 Å². The van der Waals surface area contributed by atoms with Gasteiger partial charge < -0.3 is 14.7 Å². The molecular formula is C17H25NO3. The van der Waals surface area contributed by atoms with E-state index in [1.807, 2.05) is 39.0 Å². The van der Waals surface area contributed by atoms with E-state index in [4.69, 9.17) is 4.74 Å². The first-order chi connectivity index (χ1) is 9.89. The molecule has 0 aliphatic carbocycles. The molecule has 116 valence electrons. The number of nitrogens with zero attached hydrogens (tertiary/aromatic N) is 1. The molecule has 1 amide bonds. The van der Waals surface area contributed by atoms with Gasteiger partial charge in [-0.15, -0.1) is 0 Å². The average molecular weight is 291 g/mol. The molecule has 0 aromatic heterocycles. The highest BCUT2D eigenvalue weighted by Gasteiger charge is 2.28. The Morgan fingerprint density at radius 1 is 1.43 bits per heavy atom. The highest BCUT2D eigenvalue weighted by Crippen LogP contribution is 2.28. The van der Waals surface area contributed by atoms with E-state index < -0.39 is 5.60 Å². The van der Waals surface area contributed by atoms with Crippen molar-refractivity contribution >= 4 is 6.09 Å². The van der Waals surface area contributed by atoms with Crippen LogP contribution < -0.4 is 0 Å². The Labute approximate surface area is 126 Å². The number of hydrogen-bond acceptors (Lipinski definition) is 3. The van der Waals surface area contributed by atoms with Crippen molar-refractivity contribution in [2.75, 3.05) is 13.1 Å². The number of piperidine rings is 1. The summed E-state index contributed by atoms with van der Waals surface area (Å²) < 4.78 is 5.45. The number of aliphatic hydroxyl groups is 1. The van der Waals surface area contributed by atoms with Gasteiger partial charge in [0.2, 0.25) is 0 Å². The zero-order chi connectivity index (χ0) is 15.5. The molecule has 1 saturated heterocycles. The smallest absolute Gasteiger partial charge is 0.410 e. The Morgan fingerprint density at radius 2 is 2.19 bits per heavy atom. The Kier molecular flexibility index (Phi) is 4.88. The van der Waals surface area contributed by atoms with E-state index in [-0.39, 0.29) is 12.7 Å². The monoisotopic (exact) mass is 291 g/mol. The number of amides is 1. The SMILES string of the molecule is CC(C)(C)OC(=O)N1CCC[C@H](c2cccc(CO)c2)C1. The van der Waals surface area contributed by atoms with Gasteiger partial charge in [-0.1, -0.05) is 24.3 Å². The van der Waals surface area contributed by atoms with Crippen LogP contribution in [0.2, 0.25) is 0 Å². The summed E-state index contributed by atoms with van der Waals surface area (Å²) in [6.45, 7) is 7.15. The second-order valence-corrected chi connectivity index (χ2v) is 6.67. The first-order valence-electron chi connectivity index (χ1n) is 7.56. The van der Waals surface area contributed by atoms with Crippen LogP contribution in [0.5, 0.6) is 0 Å². The normalized spacial score (nSPS) is 19.4. The fourth-order valence-corrected chi connectivity index (χ4v) is 2.69. The molecule has 0 saturated carbocycles. The zero-order valence-corrected chi connectivity index (χ0v) is 13.1. The third kappa shape index (κ3) is 4.46. The quantitative estimate of drug-likeness (QED) is 0.909. The van der Waals surface area contributed by atoms with Gasteiger partial charge in [-0.25, -0.2) is 4.79 Å². The molecular weight excluding hydrogens is 266 g/mol. The zero-order valence-electron chi connectivity index (χ0n) is 13.1. The third-order valence-corrected chi connectivity index (χ3v) is 3.68. The minimum Gasteiger partial charge on any atom is -0.444 e. The topological polar surface area (TPSA) is 49.8 Å². The van der Waals surface area contributed by atoms with Crippen molar-refractivity contribution in [2.24, 2.45) is 0 Å². The second kappa shape index (κ2) is 6.48. The molecule has 1 aromatic carbocycles. The fraction of sp³-hybridized carbons (Fsp3) is 0.588. The summed E-state index contributed by atoms with van der Waals surface area (Å²) >= 11 is 0. The molecule has 0 radical (unpaired) electrons. The summed E-state index contributed by atoms with van der Waals surface area (Å²) in [5.41, 5.74) is 1.65. The lowest BCUT2D eigenvalue weighted by Gasteiger charge is -2.34. The van der Waals surface area contributed by atoms with Crippen LogP contribution in [0, 0.1) is 0 Å². The molecule has 4 nitrogen and oxygen atoms in total. The van der Waals surface area contributed by atoms with E-state index in [1.54, 1.807) is 4.90 Å². The van der Waals surface area contributed by atoms with Gasteiger partial charge in [-0.3, -0.25) is 0 Å². The highest BCUT2D eigenvalue weighted by molar-refractivity contribution is 5.68. The van der Waals surface area contributed by atoms with Crippen LogP contribution in [-0.2, 0) is 11.3 Å². The molecule has 1 aliphatic heterocycles. The summed E-state index contributed by atoms with van der Waals surface area (Å²) in [7, 11) is 0. The summed E-state index contributed by atoms with van der Waals surface area (Å²) in [5, 5.41) is 9.24. The number of ether oxygens (including phenoxy) is 1. The molecule has 1 atom stereocenters. The van der Waals surface area contributed by atoms with Gasteiger partial charge in [0.05, 0.1) is 6.61 Å².